The van der Waals surface area contributed by atoms with Gasteiger partial charge in [0.05, 0.1) is 42.3 Å². The van der Waals surface area contributed by atoms with Crippen molar-refractivity contribution in [2.24, 2.45) is 0 Å². The molecule has 162 valence electrons. The van der Waals surface area contributed by atoms with E-state index in [1.165, 1.54) is 25.1 Å². The molecule has 0 aliphatic carbocycles. The molecule has 0 radical (unpaired) electrons. The zero-order valence-electron chi connectivity index (χ0n) is 16.1. The number of ether oxygens (including phenoxy) is 1. The van der Waals surface area contributed by atoms with Crippen LogP contribution in [-0.4, -0.2) is 49.0 Å². The number of nitrogens with one attached hydrogen (secondary N) is 3. The third kappa shape index (κ3) is 5.85. The van der Waals surface area contributed by atoms with E-state index < -0.39 is 29.7 Å². The zero-order chi connectivity index (χ0) is 21.7. The molecule has 1 amide bonds. The van der Waals surface area contributed by atoms with Gasteiger partial charge in [-0.15, -0.1) is 0 Å². The number of halogens is 3. The molecule has 30 heavy (non-hydrogen) atoms. The largest absolute Gasteiger partial charge is 0.391 e. The summed E-state index contributed by atoms with van der Waals surface area (Å²) in [5, 5.41) is 15.9. The standard InChI is InChI=1S/C20H22F2IN3O4/c1-11(27)19(18-10-29-7-6-24-18)30-26-20(28)14-4-2-12(21)8-17(14)25-16-5-3-13(23)9-15(16)22/h2-5,8-9,11,18-19,24-25,27H,6-7,10H2,1H3,(H,26,28). The number of hydrogen-bond acceptors (Lipinski definition) is 6. The van der Waals surface area contributed by atoms with Crippen molar-refractivity contribution in [3.8, 4) is 0 Å². The third-order valence-electron chi connectivity index (χ3n) is 4.54. The fourth-order valence-electron chi connectivity index (χ4n) is 3.04. The molecule has 1 aliphatic rings. The summed E-state index contributed by atoms with van der Waals surface area (Å²) in [7, 11) is 0. The molecule has 4 N–H and O–H groups in total. The lowest BCUT2D eigenvalue weighted by Gasteiger charge is -2.32. The second kappa shape index (κ2) is 10.4. The number of carbonyl (C=O) groups is 1. The summed E-state index contributed by atoms with van der Waals surface area (Å²) in [6, 6.07) is 7.66. The summed E-state index contributed by atoms with van der Waals surface area (Å²) in [6.07, 6.45) is -1.66. The molecule has 10 heteroatoms. The molecular formula is C20H22F2IN3O4. The highest BCUT2D eigenvalue weighted by atomic mass is 127. The summed E-state index contributed by atoms with van der Waals surface area (Å²) >= 11 is 1.97. The average Bonchev–Trinajstić information content (AvgIpc) is 2.71. The lowest BCUT2D eigenvalue weighted by atomic mass is 10.1. The van der Waals surface area contributed by atoms with E-state index in [2.05, 4.69) is 16.1 Å². The van der Waals surface area contributed by atoms with Crippen molar-refractivity contribution in [1.82, 2.24) is 10.8 Å². The topological polar surface area (TPSA) is 91.9 Å². The van der Waals surface area contributed by atoms with Gasteiger partial charge in [0.2, 0.25) is 0 Å². The van der Waals surface area contributed by atoms with Gasteiger partial charge in [-0.1, -0.05) is 0 Å². The second-order valence-corrected chi connectivity index (χ2v) is 8.07. The van der Waals surface area contributed by atoms with Crippen molar-refractivity contribution < 1.29 is 28.3 Å². The summed E-state index contributed by atoms with van der Waals surface area (Å²) in [6.45, 7) is 3.01. The van der Waals surface area contributed by atoms with Crippen molar-refractivity contribution in [2.75, 3.05) is 25.1 Å². The van der Waals surface area contributed by atoms with Gasteiger partial charge in [-0.25, -0.2) is 14.3 Å². The van der Waals surface area contributed by atoms with Crippen molar-refractivity contribution in [3.63, 3.8) is 0 Å². The van der Waals surface area contributed by atoms with Crippen LogP contribution < -0.4 is 16.1 Å². The number of aliphatic hydroxyl groups is 1. The Morgan fingerprint density at radius 2 is 2.10 bits per heavy atom. The van der Waals surface area contributed by atoms with Gasteiger partial charge in [0.15, 0.2) is 0 Å². The molecule has 2 aromatic rings. The van der Waals surface area contributed by atoms with Crippen LogP contribution in [0.4, 0.5) is 20.2 Å². The van der Waals surface area contributed by atoms with E-state index in [1.807, 2.05) is 22.6 Å². The first-order chi connectivity index (χ1) is 14.3. The number of morpholine rings is 1. The van der Waals surface area contributed by atoms with E-state index in [0.29, 0.717) is 23.3 Å². The predicted molar refractivity (Wildman–Crippen MR) is 115 cm³/mol. The first kappa shape index (κ1) is 22.8. The minimum Gasteiger partial charge on any atom is -0.391 e. The summed E-state index contributed by atoms with van der Waals surface area (Å²) < 4.78 is 34.0. The van der Waals surface area contributed by atoms with E-state index >= 15 is 0 Å². The number of hydroxylamine groups is 1. The number of amides is 1. The quantitative estimate of drug-likeness (QED) is 0.324. The van der Waals surface area contributed by atoms with Gasteiger partial charge in [0.1, 0.15) is 17.7 Å². The summed E-state index contributed by atoms with van der Waals surface area (Å²) in [5.41, 5.74) is 2.51. The van der Waals surface area contributed by atoms with Crippen molar-refractivity contribution in [1.29, 1.82) is 0 Å². The molecule has 1 saturated heterocycles. The van der Waals surface area contributed by atoms with E-state index in [-0.39, 0.29) is 23.0 Å². The molecule has 0 aromatic heterocycles. The monoisotopic (exact) mass is 533 g/mol. The van der Waals surface area contributed by atoms with Crippen molar-refractivity contribution in [2.45, 2.75) is 25.2 Å². The minimum absolute atomic E-state index is 0.0477. The van der Waals surface area contributed by atoms with Gasteiger partial charge in [-0.05, 0) is 65.9 Å². The maximum atomic E-state index is 14.2. The van der Waals surface area contributed by atoms with Crippen LogP contribution >= 0.6 is 22.6 Å². The van der Waals surface area contributed by atoms with Gasteiger partial charge >= 0.3 is 0 Å². The number of anilines is 2. The lowest BCUT2D eigenvalue weighted by Crippen LogP contribution is -2.55. The smallest absolute Gasteiger partial charge is 0.276 e. The van der Waals surface area contributed by atoms with Gasteiger partial charge in [-0.3, -0.25) is 9.63 Å². The Hall–Kier alpha value is -1.86. The van der Waals surface area contributed by atoms with E-state index in [4.69, 9.17) is 9.57 Å². The SMILES string of the molecule is CC(O)C(ONC(=O)c1ccc(F)cc1Nc1ccc(I)cc1F)C1COCCN1. The zero-order valence-corrected chi connectivity index (χ0v) is 18.3. The Labute approximate surface area is 186 Å². The molecule has 0 saturated carbocycles. The summed E-state index contributed by atoms with van der Waals surface area (Å²) in [5.74, 6) is -1.80. The molecule has 0 bridgehead atoms. The molecule has 1 heterocycles. The van der Waals surface area contributed by atoms with E-state index in [1.54, 1.807) is 6.07 Å². The molecule has 3 rings (SSSR count). The number of carbonyl (C=O) groups excluding carboxylic acids is 1. The Morgan fingerprint density at radius 3 is 2.77 bits per heavy atom. The van der Waals surface area contributed by atoms with E-state index in [9.17, 15) is 18.7 Å². The maximum Gasteiger partial charge on any atom is 0.276 e. The predicted octanol–water partition coefficient (Wildman–Crippen LogP) is 2.71. The van der Waals surface area contributed by atoms with Crippen LogP contribution in [0.15, 0.2) is 36.4 Å². The van der Waals surface area contributed by atoms with Crippen LogP contribution in [0.2, 0.25) is 0 Å². The first-order valence-corrected chi connectivity index (χ1v) is 10.4. The average molecular weight is 533 g/mol. The highest BCUT2D eigenvalue weighted by Crippen LogP contribution is 2.25. The number of hydrogen-bond donors (Lipinski definition) is 4. The van der Waals surface area contributed by atoms with Crippen LogP contribution in [0.5, 0.6) is 0 Å². The maximum absolute atomic E-state index is 14.2. The van der Waals surface area contributed by atoms with Crippen molar-refractivity contribution >= 4 is 39.9 Å². The number of rotatable bonds is 7. The van der Waals surface area contributed by atoms with Gasteiger partial charge in [0.25, 0.3) is 5.91 Å². The molecule has 3 unspecified atom stereocenters. The highest BCUT2D eigenvalue weighted by Gasteiger charge is 2.30. The van der Waals surface area contributed by atoms with Crippen LogP contribution in [0.25, 0.3) is 0 Å². The molecule has 7 nitrogen and oxygen atoms in total. The molecule has 3 atom stereocenters. The summed E-state index contributed by atoms with van der Waals surface area (Å²) in [4.78, 5) is 18.1. The molecule has 1 aliphatic heterocycles. The number of aliphatic hydroxyl groups excluding tert-OH is 1. The normalized spacial score (nSPS) is 18.5. The third-order valence-corrected chi connectivity index (χ3v) is 5.21. The lowest BCUT2D eigenvalue weighted by molar-refractivity contribution is -0.105. The number of benzene rings is 2. The van der Waals surface area contributed by atoms with Crippen LogP contribution in [0.3, 0.4) is 0 Å². The Bertz CT molecular complexity index is 894. The van der Waals surface area contributed by atoms with Gasteiger partial charge in [0, 0.05) is 10.1 Å². The molecule has 2 aromatic carbocycles. The van der Waals surface area contributed by atoms with E-state index in [0.717, 1.165) is 12.1 Å². The van der Waals surface area contributed by atoms with Crippen LogP contribution in [0, 0.1) is 15.2 Å². The fraction of sp³-hybridized carbons (Fsp3) is 0.350. The van der Waals surface area contributed by atoms with Gasteiger partial charge in [-0.2, -0.15) is 0 Å². The van der Waals surface area contributed by atoms with Gasteiger partial charge < -0.3 is 20.5 Å². The molecule has 0 spiro atoms. The first-order valence-electron chi connectivity index (χ1n) is 9.32. The Balaban J connectivity index is 1.75. The Kier molecular flexibility index (Phi) is 7.94. The molecular weight excluding hydrogens is 511 g/mol. The minimum atomic E-state index is -0.892. The Morgan fingerprint density at radius 1 is 1.30 bits per heavy atom. The molecule has 1 fully saturated rings. The van der Waals surface area contributed by atoms with Crippen LogP contribution in [-0.2, 0) is 9.57 Å². The fourth-order valence-corrected chi connectivity index (χ4v) is 3.50. The highest BCUT2D eigenvalue weighted by molar-refractivity contribution is 14.1. The van der Waals surface area contributed by atoms with Crippen LogP contribution in [0.1, 0.15) is 17.3 Å². The second-order valence-electron chi connectivity index (χ2n) is 6.83. The van der Waals surface area contributed by atoms with Crippen molar-refractivity contribution in [3.05, 3.63) is 57.2 Å².